The van der Waals surface area contributed by atoms with Crippen LogP contribution in [-0.2, 0) is 6.18 Å². The second kappa shape index (κ2) is 7.96. The van der Waals surface area contributed by atoms with Crippen molar-refractivity contribution >= 4 is 11.8 Å². The highest BCUT2D eigenvalue weighted by atomic mass is 19.4. The highest BCUT2D eigenvalue weighted by molar-refractivity contribution is 5.54. The van der Waals surface area contributed by atoms with Crippen LogP contribution in [0, 0.1) is 0 Å². The van der Waals surface area contributed by atoms with Gasteiger partial charge in [-0.05, 0) is 44.1 Å². The monoisotopic (exact) mass is 367 g/mol. The summed E-state index contributed by atoms with van der Waals surface area (Å²) in [6.07, 6.45) is 0.0920. The number of aromatic nitrogens is 3. The number of β-amino-alcohol motifs (C(OH)–C–C–N with tert-alkyl or cyclic N) is 1. The summed E-state index contributed by atoms with van der Waals surface area (Å²) in [5.74, 6) is 0.0127. The molecule has 0 spiro atoms. The van der Waals surface area contributed by atoms with Crippen LogP contribution in [0.4, 0.5) is 24.9 Å². The van der Waals surface area contributed by atoms with Gasteiger partial charge in [0, 0.05) is 30.6 Å². The number of alkyl halides is 3. The molecule has 2 aromatic heterocycles. The second-order valence-corrected chi connectivity index (χ2v) is 6.17. The van der Waals surface area contributed by atoms with Crippen molar-refractivity contribution in [3.63, 3.8) is 0 Å². The van der Waals surface area contributed by atoms with Crippen molar-refractivity contribution in [1.29, 1.82) is 0 Å². The van der Waals surface area contributed by atoms with Crippen LogP contribution in [-0.4, -0.2) is 51.2 Å². The number of pyridine rings is 1. The zero-order valence-corrected chi connectivity index (χ0v) is 14.1. The summed E-state index contributed by atoms with van der Waals surface area (Å²) < 4.78 is 39.2. The highest BCUT2D eigenvalue weighted by Gasteiger charge is 2.34. The Morgan fingerprint density at radius 2 is 1.92 bits per heavy atom. The average Bonchev–Trinajstić information content (AvgIpc) is 2.62. The summed E-state index contributed by atoms with van der Waals surface area (Å²) in [5, 5.41) is 11.6. The fourth-order valence-corrected chi connectivity index (χ4v) is 3.09. The fraction of sp³-hybridized carbons (Fsp3) is 0.471. The van der Waals surface area contributed by atoms with E-state index in [1.54, 1.807) is 12.3 Å². The first-order valence-electron chi connectivity index (χ1n) is 8.43. The average molecular weight is 367 g/mol. The summed E-state index contributed by atoms with van der Waals surface area (Å²) in [7, 11) is 0. The topological polar surface area (TPSA) is 74.2 Å². The Labute approximate surface area is 149 Å². The van der Waals surface area contributed by atoms with Crippen molar-refractivity contribution < 1.29 is 18.3 Å². The summed E-state index contributed by atoms with van der Waals surface area (Å²) in [6, 6.07) is 4.00. The maximum atomic E-state index is 13.1. The Morgan fingerprint density at radius 3 is 2.62 bits per heavy atom. The minimum Gasteiger partial charge on any atom is -0.395 e. The van der Waals surface area contributed by atoms with Gasteiger partial charge in [-0.15, -0.1) is 0 Å². The Kier molecular flexibility index (Phi) is 5.67. The third-order valence-corrected chi connectivity index (χ3v) is 4.44. The molecule has 6 nitrogen and oxygen atoms in total. The number of hydrogen-bond donors (Lipinski definition) is 2. The van der Waals surface area contributed by atoms with Crippen LogP contribution in [0.3, 0.4) is 0 Å². The van der Waals surface area contributed by atoms with Crippen LogP contribution in [0.5, 0.6) is 0 Å². The van der Waals surface area contributed by atoms with Gasteiger partial charge in [-0.3, -0.25) is 0 Å². The molecule has 1 fully saturated rings. The molecule has 0 aliphatic carbocycles. The summed E-state index contributed by atoms with van der Waals surface area (Å²) in [6.45, 7) is 2.51. The van der Waals surface area contributed by atoms with Crippen molar-refractivity contribution in [2.45, 2.75) is 24.9 Å². The summed E-state index contributed by atoms with van der Waals surface area (Å²) >= 11 is 0. The van der Waals surface area contributed by atoms with Crippen molar-refractivity contribution in [2.24, 2.45) is 0 Å². The third kappa shape index (κ3) is 4.47. The number of halogens is 3. The smallest absolute Gasteiger partial charge is 0.395 e. The van der Waals surface area contributed by atoms with Gasteiger partial charge in [-0.2, -0.15) is 13.2 Å². The normalized spacial score (nSPS) is 16.6. The number of nitrogens with zero attached hydrogens (tertiary/aromatic N) is 4. The fourth-order valence-electron chi connectivity index (χ4n) is 3.09. The lowest BCUT2D eigenvalue weighted by Crippen LogP contribution is -2.35. The first kappa shape index (κ1) is 18.5. The van der Waals surface area contributed by atoms with Crippen LogP contribution in [0.2, 0.25) is 0 Å². The predicted octanol–water partition coefficient (Wildman–Crippen LogP) is 2.81. The van der Waals surface area contributed by atoms with Crippen LogP contribution >= 0.6 is 0 Å². The van der Waals surface area contributed by atoms with Crippen molar-refractivity contribution in [3.05, 3.63) is 41.9 Å². The van der Waals surface area contributed by atoms with E-state index in [9.17, 15) is 13.2 Å². The first-order chi connectivity index (χ1) is 12.5. The third-order valence-electron chi connectivity index (χ3n) is 4.44. The number of rotatable bonds is 5. The van der Waals surface area contributed by atoms with Crippen LogP contribution in [0.15, 0.2) is 30.6 Å². The van der Waals surface area contributed by atoms with Gasteiger partial charge < -0.3 is 15.3 Å². The molecule has 1 saturated heterocycles. The molecule has 0 aromatic carbocycles. The number of aliphatic hydroxyl groups excluding tert-OH is 1. The minimum absolute atomic E-state index is 0.101. The highest BCUT2D eigenvalue weighted by Crippen LogP contribution is 2.34. The lowest BCUT2D eigenvalue weighted by atomic mass is 9.93. The van der Waals surface area contributed by atoms with Gasteiger partial charge in [0.25, 0.3) is 0 Å². The molecule has 3 heterocycles. The number of nitrogens with one attached hydrogen (secondary N) is 1. The van der Waals surface area contributed by atoms with Crippen molar-refractivity contribution in [3.8, 4) is 0 Å². The van der Waals surface area contributed by atoms with Gasteiger partial charge in [0.1, 0.15) is 5.82 Å². The number of anilines is 2. The van der Waals surface area contributed by atoms with Crippen molar-refractivity contribution in [2.75, 3.05) is 31.6 Å². The standard InChI is InChI=1S/C17H20F3N5O/c18-17(19,20)13-2-1-6-21-15(13)24-16-22-7-3-14(23-16)12-4-8-25(9-5-12)10-11-26/h1-3,6-7,12,26H,4-5,8-11H2,(H,21,22,23,24). The Hall–Kier alpha value is -2.26. The zero-order chi connectivity index (χ0) is 18.6. The Balaban J connectivity index is 1.73. The van der Waals surface area contributed by atoms with Gasteiger partial charge in [-0.1, -0.05) is 0 Å². The Morgan fingerprint density at radius 1 is 1.15 bits per heavy atom. The molecular formula is C17H20F3N5O. The molecule has 1 aliphatic rings. The molecule has 0 unspecified atom stereocenters. The lowest BCUT2D eigenvalue weighted by molar-refractivity contribution is -0.137. The molecule has 1 aliphatic heterocycles. The van der Waals surface area contributed by atoms with Crippen LogP contribution < -0.4 is 5.32 Å². The van der Waals surface area contributed by atoms with Gasteiger partial charge >= 0.3 is 6.18 Å². The lowest BCUT2D eigenvalue weighted by Gasteiger charge is -2.31. The van der Waals surface area contributed by atoms with E-state index in [1.165, 1.54) is 12.3 Å². The van der Waals surface area contributed by atoms with E-state index in [2.05, 4.69) is 25.2 Å². The van der Waals surface area contributed by atoms with Gasteiger partial charge in [-0.25, -0.2) is 15.0 Å². The van der Waals surface area contributed by atoms with Crippen LogP contribution in [0.1, 0.15) is 30.0 Å². The van der Waals surface area contributed by atoms with Crippen LogP contribution in [0.25, 0.3) is 0 Å². The number of hydrogen-bond acceptors (Lipinski definition) is 6. The molecule has 9 heteroatoms. The molecule has 140 valence electrons. The minimum atomic E-state index is -4.51. The van der Waals surface area contributed by atoms with E-state index in [0.29, 0.717) is 6.54 Å². The number of piperidine rings is 1. The van der Waals surface area contributed by atoms with E-state index in [1.807, 2.05) is 0 Å². The van der Waals surface area contributed by atoms with Gasteiger partial charge in [0.2, 0.25) is 5.95 Å². The molecule has 0 radical (unpaired) electrons. The maximum absolute atomic E-state index is 13.1. The van der Waals surface area contributed by atoms with E-state index >= 15 is 0 Å². The molecule has 26 heavy (non-hydrogen) atoms. The maximum Gasteiger partial charge on any atom is 0.419 e. The quantitative estimate of drug-likeness (QED) is 0.847. The number of likely N-dealkylation sites (tertiary alicyclic amines) is 1. The molecule has 0 bridgehead atoms. The van der Waals surface area contributed by atoms with E-state index < -0.39 is 11.7 Å². The largest absolute Gasteiger partial charge is 0.419 e. The van der Waals surface area contributed by atoms with Gasteiger partial charge in [0.15, 0.2) is 0 Å². The molecule has 0 saturated carbocycles. The first-order valence-corrected chi connectivity index (χ1v) is 8.43. The summed E-state index contributed by atoms with van der Waals surface area (Å²) in [4.78, 5) is 14.4. The molecule has 0 atom stereocenters. The zero-order valence-electron chi connectivity index (χ0n) is 14.1. The van der Waals surface area contributed by atoms with E-state index in [4.69, 9.17) is 5.11 Å². The van der Waals surface area contributed by atoms with Gasteiger partial charge in [0.05, 0.1) is 12.2 Å². The molecule has 0 amide bonds. The van der Waals surface area contributed by atoms with E-state index in [0.717, 1.165) is 37.7 Å². The Bertz CT molecular complexity index is 732. The van der Waals surface area contributed by atoms with Crippen molar-refractivity contribution in [1.82, 2.24) is 19.9 Å². The molecule has 3 rings (SSSR count). The predicted molar refractivity (Wildman–Crippen MR) is 90.1 cm³/mol. The number of aliphatic hydroxyl groups is 1. The second-order valence-electron chi connectivity index (χ2n) is 6.17. The molecule has 2 N–H and O–H groups in total. The van der Waals surface area contributed by atoms with E-state index in [-0.39, 0.29) is 24.3 Å². The SMILES string of the molecule is OCCN1CCC(c2ccnc(Nc3ncccc3C(F)(F)F)n2)CC1. The molecular weight excluding hydrogens is 347 g/mol. The summed E-state index contributed by atoms with van der Waals surface area (Å²) in [5.41, 5.74) is -0.0537. The molecule has 2 aromatic rings.